The molecule has 0 radical (unpaired) electrons. The predicted octanol–water partition coefficient (Wildman–Crippen LogP) is 6.04. The summed E-state index contributed by atoms with van der Waals surface area (Å²) < 4.78 is 53.0. The number of ether oxygens (including phenoxy) is 3. The highest BCUT2D eigenvalue weighted by Crippen LogP contribution is 2.41. The Bertz CT molecular complexity index is 609. The molecule has 0 unspecified atom stereocenters. The Balaban J connectivity index is 1.23. The van der Waals surface area contributed by atoms with Gasteiger partial charge in [-0.25, -0.2) is 0 Å². The van der Waals surface area contributed by atoms with Gasteiger partial charge in [0.25, 0.3) is 0 Å². The van der Waals surface area contributed by atoms with Crippen molar-refractivity contribution in [1.29, 1.82) is 0 Å². The Labute approximate surface area is 164 Å². The normalized spacial score (nSPS) is 32.4. The van der Waals surface area contributed by atoms with Crippen molar-refractivity contribution in [3.05, 3.63) is 29.8 Å². The van der Waals surface area contributed by atoms with Crippen LogP contribution in [0.4, 0.5) is 13.2 Å². The molecule has 156 valence electrons. The summed E-state index contributed by atoms with van der Waals surface area (Å²) >= 11 is 0. The molecular weight excluding hydrogens is 369 g/mol. The number of hydrogen-bond acceptors (Lipinski definition) is 3. The van der Waals surface area contributed by atoms with Crippen LogP contribution in [0.2, 0.25) is 0 Å². The first kappa shape index (κ1) is 20.0. The molecular formula is C22H29F3O3. The zero-order valence-electron chi connectivity index (χ0n) is 16.1. The van der Waals surface area contributed by atoms with Crippen molar-refractivity contribution < 1.29 is 27.4 Å². The number of benzene rings is 1. The fourth-order valence-corrected chi connectivity index (χ4v) is 5.17. The zero-order valence-corrected chi connectivity index (χ0v) is 16.1. The van der Waals surface area contributed by atoms with Crippen LogP contribution >= 0.6 is 0 Å². The molecule has 3 aliphatic rings. The van der Waals surface area contributed by atoms with E-state index in [0.29, 0.717) is 17.8 Å². The monoisotopic (exact) mass is 398 g/mol. The lowest BCUT2D eigenvalue weighted by Gasteiger charge is -2.39. The summed E-state index contributed by atoms with van der Waals surface area (Å²) in [6.07, 6.45) is 4.69. The molecule has 0 N–H and O–H groups in total. The highest BCUT2D eigenvalue weighted by Gasteiger charge is 2.36. The van der Waals surface area contributed by atoms with E-state index in [4.69, 9.17) is 9.47 Å². The lowest BCUT2D eigenvalue weighted by atomic mass is 9.78. The topological polar surface area (TPSA) is 27.7 Å². The van der Waals surface area contributed by atoms with Crippen molar-refractivity contribution in [2.75, 3.05) is 13.2 Å². The van der Waals surface area contributed by atoms with Crippen LogP contribution in [0.5, 0.6) is 5.75 Å². The molecule has 1 aliphatic heterocycles. The summed E-state index contributed by atoms with van der Waals surface area (Å²) in [5, 5.41) is 0. The zero-order chi connectivity index (χ0) is 19.6. The summed E-state index contributed by atoms with van der Waals surface area (Å²) in [6, 6.07) is 6.33. The summed E-state index contributed by atoms with van der Waals surface area (Å²) in [5.74, 6) is 1.99. The van der Waals surface area contributed by atoms with Crippen LogP contribution < -0.4 is 4.74 Å². The number of halogens is 3. The van der Waals surface area contributed by atoms with Crippen molar-refractivity contribution >= 4 is 0 Å². The molecule has 6 heteroatoms. The largest absolute Gasteiger partial charge is 0.573 e. The van der Waals surface area contributed by atoms with Gasteiger partial charge in [0.15, 0.2) is 6.29 Å². The minimum Gasteiger partial charge on any atom is -0.406 e. The molecule has 4 rings (SSSR count). The molecule has 0 spiro atoms. The maximum absolute atomic E-state index is 12.3. The van der Waals surface area contributed by atoms with Gasteiger partial charge in [-0.1, -0.05) is 37.8 Å². The second-order valence-electron chi connectivity index (χ2n) is 8.57. The average molecular weight is 398 g/mol. The fourth-order valence-electron chi connectivity index (χ4n) is 5.17. The van der Waals surface area contributed by atoms with Gasteiger partial charge in [0.05, 0.1) is 13.2 Å². The third kappa shape index (κ3) is 5.01. The van der Waals surface area contributed by atoms with Crippen LogP contribution in [0.3, 0.4) is 0 Å². The minimum atomic E-state index is -4.64. The summed E-state index contributed by atoms with van der Waals surface area (Å²) in [6.45, 7) is 1.66. The molecule has 2 aliphatic carbocycles. The van der Waals surface area contributed by atoms with Crippen molar-refractivity contribution in [3.8, 4) is 5.75 Å². The Hall–Kier alpha value is -1.27. The van der Waals surface area contributed by atoms with E-state index in [9.17, 15) is 13.2 Å². The van der Waals surface area contributed by atoms with E-state index in [1.165, 1.54) is 37.8 Å². The van der Waals surface area contributed by atoms with Crippen LogP contribution in [0.15, 0.2) is 24.3 Å². The molecule has 0 bridgehead atoms. The molecule has 0 amide bonds. The van der Waals surface area contributed by atoms with Gasteiger partial charge in [0.1, 0.15) is 5.75 Å². The van der Waals surface area contributed by atoms with Crippen LogP contribution in [-0.2, 0) is 9.47 Å². The maximum Gasteiger partial charge on any atom is 0.573 e. The molecule has 1 aromatic carbocycles. The quantitative estimate of drug-likeness (QED) is 0.619. The molecule has 3 fully saturated rings. The van der Waals surface area contributed by atoms with Crippen LogP contribution in [0.25, 0.3) is 0 Å². The van der Waals surface area contributed by atoms with E-state index >= 15 is 0 Å². The Morgan fingerprint density at radius 2 is 1.36 bits per heavy atom. The first-order valence-electron chi connectivity index (χ1n) is 10.6. The lowest BCUT2D eigenvalue weighted by Crippen LogP contribution is -2.40. The van der Waals surface area contributed by atoms with Gasteiger partial charge in [-0.05, 0) is 55.2 Å². The van der Waals surface area contributed by atoms with Gasteiger partial charge in [-0.3, -0.25) is 0 Å². The van der Waals surface area contributed by atoms with E-state index in [2.05, 4.69) is 4.74 Å². The SMILES string of the molecule is FC(F)(F)Oc1ccc(C2CCC(C3OCC(C4CCCC4)CO3)CC2)cc1. The molecule has 1 aromatic rings. The second kappa shape index (κ2) is 8.62. The standard InChI is InChI=1S/C22H29F3O3/c23-22(24,25)28-20-11-9-17(10-12-20)16-5-7-18(8-6-16)21-26-13-19(14-27-21)15-3-1-2-4-15/h9-12,15-16,18-19,21H,1-8,13-14H2. The minimum absolute atomic E-state index is 0.0823. The molecule has 2 saturated carbocycles. The number of alkyl halides is 3. The van der Waals surface area contributed by atoms with Gasteiger partial charge >= 0.3 is 6.36 Å². The molecule has 0 atom stereocenters. The summed E-state index contributed by atoms with van der Waals surface area (Å²) in [4.78, 5) is 0. The summed E-state index contributed by atoms with van der Waals surface area (Å²) in [7, 11) is 0. The van der Waals surface area contributed by atoms with Crippen LogP contribution in [-0.4, -0.2) is 25.9 Å². The van der Waals surface area contributed by atoms with E-state index in [0.717, 1.165) is 50.4 Å². The second-order valence-corrected chi connectivity index (χ2v) is 8.57. The van der Waals surface area contributed by atoms with E-state index in [1.807, 2.05) is 0 Å². The molecule has 3 nitrogen and oxygen atoms in total. The highest BCUT2D eigenvalue weighted by atomic mass is 19.4. The first-order valence-corrected chi connectivity index (χ1v) is 10.6. The van der Waals surface area contributed by atoms with E-state index < -0.39 is 6.36 Å². The van der Waals surface area contributed by atoms with Gasteiger partial charge in [0.2, 0.25) is 0 Å². The maximum atomic E-state index is 12.3. The van der Waals surface area contributed by atoms with Gasteiger partial charge in [-0.2, -0.15) is 0 Å². The van der Waals surface area contributed by atoms with Crippen LogP contribution in [0.1, 0.15) is 62.8 Å². The molecule has 0 aromatic heterocycles. The van der Waals surface area contributed by atoms with Crippen molar-refractivity contribution in [3.63, 3.8) is 0 Å². The number of hydrogen-bond donors (Lipinski definition) is 0. The van der Waals surface area contributed by atoms with Crippen molar-refractivity contribution in [2.45, 2.75) is 69.9 Å². The van der Waals surface area contributed by atoms with Crippen LogP contribution in [0, 0.1) is 17.8 Å². The van der Waals surface area contributed by atoms with E-state index in [-0.39, 0.29) is 12.0 Å². The van der Waals surface area contributed by atoms with Gasteiger partial charge in [0, 0.05) is 11.8 Å². The lowest BCUT2D eigenvalue weighted by molar-refractivity contribution is -0.274. The van der Waals surface area contributed by atoms with Gasteiger partial charge < -0.3 is 14.2 Å². The fraction of sp³-hybridized carbons (Fsp3) is 0.727. The van der Waals surface area contributed by atoms with Gasteiger partial charge in [-0.15, -0.1) is 13.2 Å². The average Bonchev–Trinajstić information content (AvgIpc) is 3.23. The third-order valence-electron chi connectivity index (χ3n) is 6.76. The predicted molar refractivity (Wildman–Crippen MR) is 99.0 cm³/mol. The Morgan fingerprint density at radius 1 is 0.750 bits per heavy atom. The molecule has 1 heterocycles. The number of rotatable bonds is 4. The van der Waals surface area contributed by atoms with Crippen molar-refractivity contribution in [1.82, 2.24) is 0 Å². The molecule has 1 saturated heterocycles. The van der Waals surface area contributed by atoms with E-state index in [1.54, 1.807) is 12.1 Å². The first-order chi connectivity index (χ1) is 13.5. The van der Waals surface area contributed by atoms with Crippen molar-refractivity contribution in [2.24, 2.45) is 17.8 Å². The molecule has 28 heavy (non-hydrogen) atoms. The third-order valence-corrected chi connectivity index (χ3v) is 6.76. The smallest absolute Gasteiger partial charge is 0.406 e. The highest BCUT2D eigenvalue weighted by molar-refractivity contribution is 5.29. The Kier molecular flexibility index (Phi) is 6.16. The summed E-state index contributed by atoms with van der Waals surface area (Å²) in [5.41, 5.74) is 1.08. The Morgan fingerprint density at radius 3 is 1.93 bits per heavy atom.